The second kappa shape index (κ2) is 11.3. The number of morpholine rings is 1. The van der Waals surface area contributed by atoms with E-state index in [1.54, 1.807) is 23.9 Å². The van der Waals surface area contributed by atoms with Gasteiger partial charge in [-0.2, -0.15) is 0 Å². The van der Waals surface area contributed by atoms with Crippen LogP contribution in [0.15, 0.2) is 23.4 Å². The van der Waals surface area contributed by atoms with E-state index in [1.165, 1.54) is 6.07 Å². The Morgan fingerprint density at radius 3 is 2.72 bits per heavy atom. The number of ether oxygens (including phenoxy) is 1. The van der Waals surface area contributed by atoms with Crippen LogP contribution in [0.2, 0.25) is 0 Å². The Bertz CT molecular complexity index is 942. The van der Waals surface area contributed by atoms with Crippen LogP contribution in [-0.2, 0) is 17.7 Å². The minimum Gasteiger partial charge on any atom is -0.378 e. The SMILES string of the molecule is CSc1nnc(CCCNC(=O)c2ccc(N3CCOCC3)c([N+](=O)[O-])c2)n1CC(C)C. The highest BCUT2D eigenvalue weighted by molar-refractivity contribution is 7.98. The fourth-order valence-corrected chi connectivity index (χ4v) is 4.16. The summed E-state index contributed by atoms with van der Waals surface area (Å²) < 4.78 is 7.45. The van der Waals surface area contributed by atoms with Gasteiger partial charge in [-0.1, -0.05) is 25.6 Å². The van der Waals surface area contributed by atoms with Gasteiger partial charge < -0.3 is 19.5 Å². The number of carbonyl (C=O) groups is 1. The molecule has 2 heterocycles. The zero-order valence-electron chi connectivity index (χ0n) is 18.7. The fraction of sp³-hybridized carbons (Fsp3) is 0.571. The first-order chi connectivity index (χ1) is 15.4. The minimum absolute atomic E-state index is 0.0640. The number of nitrogens with one attached hydrogen (secondary N) is 1. The van der Waals surface area contributed by atoms with Crippen LogP contribution < -0.4 is 10.2 Å². The lowest BCUT2D eigenvalue weighted by Crippen LogP contribution is -2.36. The number of nitro benzene ring substituents is 1. The van der Waals surface area contributed by atoms with Crippen LogP contribution in [0.25, 0.3) is 0 Å². The van der Waals surface area contributed by atoms with Crippen LogP contribution in [0.4, 0.5) is 11.4 Å². The van der Waals surface area contributed by atoms with Gasteiger partial charge in [-0.05, 0) is 30.7 Å². The maximum Gasteiger partial charge on any atom is 0.293 e. The van der Waals surface area contributed by atoms with Crippen LogP contribution in [0.1, 0.15) is 36.5 Å². The quantitative estimate of drug-likeness (QED) is 0.248. The van der Waals surface area contributed by atoms with Crippen LogP contribution in [-0.4, -0.2) is 64.7 Å². The molecule has 0 saturated carbocycles. The monoisotopic (exact) mass is 462 g/mol. The number of nitro groups is 1. The number of rotatable bonds is 10. The summed E-state index contributed by atoms with van der Waals surface area (Å²) in [5.74, 6) is 1.06. The van der Waals surface area contributed by atoms with Crippen molar-refractivity contribution >= 4 is 29.0 Å². The Labute approximate surface area is 191 Å². The fourth-order valence-electron chi connectivity index (χ4n) is 3.64. The molecule has 1 N–H and O–H groups in total. The molecule has 0 unspecified atom stereocenters. The third kappa shape index (κ3) is 5.98. The molecule has 2 aromatic rings. The molecular formula is C21H30N6O4S. The van der Waals surface area contributed by atoms with Crippen LogP contribution in [0.3, 0.4) is 0 Å². The molecule has 1 saturated heterocycles. The van der Waals surface area contributed by atoms with Crippen molar-refractivity contribution in [3.8, 4) is 0 Å². The lowest BCUT2D eigenvalue weighted by Gasteiger charge is -2.28. The van der Waals surface area contributed by atoms with Crippen molar-refractivity contribution in [3.05, 3.63) is 39.7 Å². The van der Waals surface area contributed by atoms with E-state index in [0.717, 1.165) is 17.5 Å². The standard InChI is InChI=1S/C21H30N6O4S/c1-15(2)14-26-19(23-24-21(26)32-3)5-4-8-22-20(28)16-6-7-17(18(13-16)27(29)30)25-9-11-31-12-10-25/h6-7,13,15H,4-5,8-12,14H2,1-3H3,(H,22,28). The highest BCUT2D eigenvalue weighted by Crippen LogP contribution is 2.30. The van der Waals surface area contributed by atoms with Crippen LogP contribution in [0, 0.1) is 16.0 Å². The van der Waals surface area contributed by atoms with Crippen molar-refractivity contribution in [2.45, 2.75) is 38.4 Å². The molecule has 1 aromatic carbocycles. The molecule has 0 atom stereocenters. The highest BCUT2D eigenvalue weighted by Gasteiger charge is 2.23. The summed E-state index contributed by atoms with van der Waals surface area (Å²) >= 11 is 1.57. The second-order valence-electron chi connectivity index (χ2n) is 8.03. The number of hydrogen-bond acceptors (Lipinski definition) is 8. The summed E-state index contributed by atoms with van der Waals surface area (Å²) in [4.78, 5) is 25.6. The third-order valence-corrected chi connectivity index (χ3v) is 5.84. The number of hydrogen-bond donors (Lipinski definition) is 1. The van der Waals surface area contributed by atoms with Gasteiger partial charge in [-0.15, -0.1) is 10.2 Å². The number of benzene rings is 1. The lowest BCUT2D eigenvalue weighted by atomic mass is 10.1. The Hall–Kier alpha value is -2.66. The molecule has 0 bridgehead atoms. The Balaban J connectivity index is 1.59. The molecule has 32 heavy (non-hydrogen) atoms. The van der Waals surface area contributed by atoms with E-state index in [-0.39, 0.29) is 17.2 Å². The largest absolute Gasteiger partial charge is 0.378 e. The maximum atomic E-state index is 12.6. The Kier molecular flexibility index (Phi) is 8.46. The van der Waals surface area contributed by atoms with Crippen molar-refractivity contribution < 1.29 is 14.5 Å². The van der Waals surface area contributed by atoms with Gasteiger partial charge in [-0.3, -0.25) is 14.9 Å². The van der Waals surface area contributed by atoms with Crippen LogP contribution in [0.5, 0.6) is 0 Å². The normalized spacial score (nSPS) is 14.1. The first-order valence-corrected chi connectivity index (χ1v) is 12.0. The van der Waals surface area contributed by atoms with Gasteiger partial charge in [-0.25, -0.2) is 0 Å². The van der Waals surface area contributed by atoms with Crippen molar-refractivity contribution in [2.75, 3.05) is 44.0 Å². The van der Waals surface area contributed by atoms with Crippen molar-refractivity contribution in [3.63, 3.8) is 0 Å². The zero-order chi connectivity index (χ0) is 23.1. The lowest BCUT2D eigenvalue weighted by molar-refractivity contribution is -0.384. The van der Waals surface area contributed by atoms with Crippen molar-refractivity contribution in [1.29, 1.82) is 0 Å². The van der Waals surface area contributed by atoms with E-state index in [4.69, 9.17) is 4.74 Å². The number of aryl methyl sites for hydroxylation is 1. The molecule has 1 amide bonds. The molecule has 0 aliphatic carbocycles. The molecule has 174 valence electrons. The number of carbonyl (C=O) groups excluding carboxylic acids is 1. The maximum absolute atomic E-state index is 12.6. The van der Waals surface area contributed by atoms with Crippen molar-refractivity contribution in [2.24, 2.45) is 5.92 Å². The second-order valence-corrected chi connectivity index (χ2v) is 8.80. The van der Waals surface area contributed by atoms with E-state index in [1.807, 2.05) is 11.2 Å². The summed E-state index contributed by atoms with van der Waals surface area (Å²) in [5, 5.41) is 23.9. The molecule has 0 spiro atoms. The Morgan fingerprint density at radius 2 is 2.06 bits per heavy atom. The molecular weight excluding hydrogens is 432 g/mol. The first kappa shape index (κ1) is 24.0. The van der Waals surface area contributed by atoms with E-state index in [9.17, 15) is 14.9 Å². The van der Waals surface area contributed by atoms with E-state index in [2.05, 4.69) is 33.9 Å². The number of aromatic nitrogens is 3. The summed E-state index contributed by atoms with van der Waals surface area (Å²) in [5.41, 5.74) is 0.733. The average molecular weight is 463 g/mol. The Morgan fingerprint density at radius 1 is 1.31 bits per heavy atom. The summed E-state index contributed by atoms with van der Waals surface area (Å²) in [6.07, 6.45) is 3.37. The summed E-state index contributed by atoms with van der Waals surface area (Å²) in [7, 11) is 0. The first-order valence-electron chi connectivity index (χ1n) is 10.8. The average Bonchev–Trinajstić information content (AvgIpc) is 3.17. The van der Waals surface area contributed by atoms with Gasteiger partial charge in [0.2, 0.25) is 0 Å². The molecule has 1 aromatic heterocycles. The number of thioether (sulfide) groups is 1. The molecule has 11 heteroatoms. The van der Waals surface area contributed by atoms with Gasteiger partial charge >= 0.3 is 0 Å². The molecule has 1 fully saturated rings. The zero-order valence-corrected chi connectivity index (χ0v) is 19.6. The molecule has 1 aliphatic heterocycles. The molecule has 3 rings (SSSR count). The minimum atomic E-state index is -0.438. The molecule has 10 nitrogen and oxygen atoms in total. The third-order valence-electron chi connectivity index (χ3n) is 5.17. The number of amides is 1. The predicted molar refractivity (Wildman–Crippen MR) is 123 cm³/mol. The van der Waals surface area contributed by atoms with E-state index >= 15 is 0 Å². The topological polar surface area (TPSA) is 115 Å². The molecule has 0 radical (unpaired) electrons. The van der Waals surface area contributed by atoms with Gasteiger partial charge in [0.1, 0.15) is 11.5 Å². The smallest absolute Gasteiger partial charge is 0.293 e. The van der Waals surface area contributed by atoms with Gasteiger partial charge in [0, 0.05) is 44.2 Å². The highest BCUT2D eigenvalue weighted by atomic mass is 32.2. The van der Waals surface area contributed by atoms with E-state index in [0.29, 0.717) is 57.3 Å². The molecule has 1 aliphatic rings. The summed E-state index contributed by atoms with van der Waals surface area (Å²) in [6, 6.07) is 4.64. The van der Waals surface area contributed by atoms with E-state index < -0.39 is 4.92 Å². The predicted octanol–water partition coefficient (Wildman–Crippen LogP) is 2.76. The van der Waals surface area contributed by atoms with Gasteiger partial charge in [0.05, 0.1) is 18.1 Å². The van der Waals surface area contributed by atoms with Gasteiger partial charge in [0.25, 0.3) is 11.6 Å². The van der Waals surface area contributed by atoms with Crippen molar-refractivity contribution in [1.82, 2.24) is 20.1 Å². The summed E-state index contributed by atoms with van der Waals surface area (Å²) in [6.45, 7) is 7.84. The number of nitrogens with zero attached hydrogens (tertiary/aromatic N) is 5. The number of anilines is 1. The van der Waals surface area contributed by atoms with Gasteiger partial charge in [0.15, 0.2) is 5.16 Å². The van der Waals surface area contributed by atoms with Crippen LogP contribution >= 0.6 is 11.8 Å².